The van der Waals surface area contributed by atoms with E-state index in [0.717, 1.165) is 30.3 Å². The van der Waals surface area contributed by atoms with Crippen LogP contribution in [-0.2, 0) is 4.74 Å². The molecule has 0 amide bonds. The van der Waals surface area contributed by atoms with Gasteiger partial charge in [0, 0.05) is 30.8 Å². The first kappa shape index (κ1) is 14.9. The zero-order valence-electron chi connectivity index (χ0n) is 11.4. The minimum absolute atomic E-state index is 0.0796. The van der Waals surface area contributed by atoms with E-state index in [0.29, 0.717) is 19.1 Å². The average molecular weight is 253 g/mol. The molecule has 0 atom stereocenters. The fourth-order valence-corrected chi connectivity index (χ4v) is 1.50. The number of aryl methyl sites for hydroxylation is 1. The van der Waals surface area contributed by atoms with Gasteiger partial charge < -0.3 is 15.2 Å². The molecule has 102 valence electrons. The molecule has 0 aromatic carbocycles. The molecule has 0 bridgehead atoms. The maximum atomic E-state index is 8.56. The number of aliphatic hydroxyl groups is 1. The van der Waals surface area contributed by atoms with Gasteiger partial charge in [-0.25, -0.2) is 9.97 Å². The summed E-state index contributed by atoms with van der Waals surface area (Å²) in [6.45, 7) is 8.08. The lowest BCUT2D eigenvalue weighted by molar-refractivity contribution is 0.0922. The van der Waals surface area contributed by atoms with Gasteiger partial charge in [0.1, 0.15) is 11.6 Å². The summed E-state index contributed by atoms with van der Waals surface area (Å²) in [7, 11) is 0. The highest BCUT2D eigenvalue weighted by Crippen LogP contribution is 2.13. The van der Waals surface area contributed by atoms with Crippen LogP contribution in [0.15, 0.2) is 6.07 Å². The van der Waals surface area contributed by atoms with E-state index in [1.54, 1.807) is 0 Å². The summed E-state index contributed by atoms with van der Waals surface area (Å²) >= 11 is 0. The smallest absolute Gasteiger partial charge is 0.133 e. The molecule has 1 aromatic heterocycles. The molecule has 2 N–H and O–H groups in total. The molecule has 18 heavy (non-hydrogen) atoms. The first-order chi connectivity index (χ1) is 8.63. The van der Waals surface area contributed by atoms with Crippen molar-refractivity contribution < 1.29 is 9.84 Å². The molecule has 5 heteroatoms. The summed E-state index contributed by atoms with van der Waals surface area (Å²) in [4.78, 5) is 8.86. The van der Waals surface area contributed by atoms with E-state index in [9.17, 15) is 0 Å². The molecule has 0 spiro atoms. The van der Waals surface area contributed by atoms with Gasteiger partial charge in [0.25, 0.3) is 0 Å². The van der Waals surface area contributed by atoms with Crippen LogP contribution in [0.25, 0.3) is 0 Å². The minimum atomic E-state index is 0.0796. The number of rotatable bonds is 8. The molecule has 0 fully saturated rings. The first-order valence-corrected chi connectivity index (χ1v) is 6.41. The van der Waals surface area contributed by atoms with Gasteiger partial charge in [-0.15, -0.1) is 0 Å². The Morgan fingerprint density at radius 3 is 2.78 bits per heavy atom. The maximum absolute atomic E-state index is 8.56. The van der Waals surface area contributed by atoms with Crippen LogP contribution in [0.5, 0.6) is 0 Å². The van der Waals surface area contributed by atoms with Crippen molar-refractivity contribution in [2.24, 2.45) is 0 Å². The summed E-state index contributed by atoms with van der Waals surface area (Å²) in [5.74, 6) is 2.07. The average Bonchev–Trinajstić information content (AvgIpc) is 2.33. The van der Waals surface area contributed by atoms with Gasteiger partial charge >= 0.3 is 0 Å². The van der Waals surface area contributed by atoms with Gasteiger partial charge in [-0.05, 0) is 13.3 Å². The molecule has 0 aliphatic carbocycles. The van der Waals surface area contributed by atoms with Gasteiger partial charge in [-0.1, -0.05) is 13.8 Å². The Morgan fingerprint density at radius 2 is 2.11 bits per heavy atom. The highest BCUT2D eigenvalue weighted by Gasteiger charge is 2.05. The van der Waals surface area contributed by atoms with Gasteiger partial charge in [0.05, 0.1) is 13.2 Å². The number of ether oxygens (including phenoxy) is 1. The quantitative estimate of drug-likeness (QED) is 0.690. The Balaban J connectivity index is 2.37. The zero-order valence-corrected chi connectivity index (χ0v) is 11.4. The number of aliphatic hydroxyl groups excluding tert-OH is 1. The lowest BCUT2D eigenvalue weighted by atomic mass is 10.2. The first-order valence-electron chi connectivity index (χ1n) is 6.41. The largest absolute Gasteiger partial charge is 0.394 e. The molecule has 0 radical (unpaired) electrons. The Hall–Kier alpha value is -1.20. The fraction of sp³-hybridized carbons (Fsp3) is 0.692. The van der Waals surface area contributed by atoms with Crippen molar-refractivity contribution in [2.45, 2.75) is 33.1 Å². The van der Waals surface area contributed by atoms with Gasteiger partial charge in [0.2, 0.25) is 0 Å². The standard InChI is InChI=1S/C13H23N3O2/c1-10(2)13-15-11(3)9-12(16-13)14-5-4-7-18-8-6-17/h9-10,17H,4-8H2,1-3H3,(H,14,15,16). The molecular weight excluding hydrogens is 230 g/mol. The van der Waals surface area contributed by atoms with Crippen LogP contribution in [0.2, 0.25) is 0 Å². The lowest BCUT2D eigenvalue weighted by Crippen LogP contribution is -2.10. The minimum Gasteiger partial charge on any atom is -0.394 e. The van der Waals surface area contributed by atoms with Crippen molar-refractivity contribution in [1.29, 1.82) is 0 Å². The van der Waals surface area contributed by atoms with Crippen LogP contribution in [0.3, 0.4) is 0 Å². The third-order valence-corrected chi connectivity index (χ3v) is 2.40. The van der Waals surface area contributed by atoms with Crippen LogP contribution in [0.4, 0.5) is 5.82 Å². The van der Waals surface area contributed by atoms with Crippen LogP contribution in [0.1, 0.15) is 37.7 Å². The molecule has 1 aromatic rings. The van der Waals surface area contributed by atoms with Crippen molar-refractivity contribution in [2.75, 3.05) is 31.7 Å². The number of hydrogen-bond donors (Lipinski definition) is 2. The van der Waals surface area contributed by atoms with E-state index >= 15 is 0 Å². The van der Waals surface area contributed by atoms with E-state index in [2.05, 4.69) is 29.1 Å². The lowest BCUT2D eigenvalue weighted by Gasteiger charge is -2.10. The van der Waals surface area contributed by atoms with Crippen molar-refractivity contribution in [3.8, 4) is 0 Å². The number of hydrogen-bond acceptors (Lipinski definition) is 5. The van der Waals surface area contributed by atoms with Crippen LogP contribution in [0, 0.1) is 6.92 Å². The summed E-state index contributed by atoms with van der Waals surface area (Å²) in [6, 6.07) is 1.94. The van der Waals surface area contributed by atoms with E-state index < -0.39 is 0 Å². The monoisotopic (exact) mass is 253 g/mol. The molecule has 1 heterocycles. The predicted molar refractivity (Wildman–Crippen MR) is 71.9 cm³/mol. The normalized spacial score (nSPS) is 10.9. The molecule has 1 rings (SSSR count). The molecule has 0 saturated carbocycles. The zero-order chi connectivity index (χ0) is 13.4. The Labute approximate surface area is 109 Å². The topological polar surface area (TPSA) is 67.3 Å². The maximum Gasteiger partial charge on any atom is 0.133 e. The van der Waals surface area contributed by atoms with E-state index in [1.165, 1.54) is 0 Å². The number of nitrogens with one attached hydrogen (secondary N) is 1. The molecular formula is C13H23N3O2. The Kier molecular flexibility index (Phi) is 6.60. The third kappa shape index (κ3) is 5.42. The predicted octanol–water partition coefficient (Wildman–Crippen LogP) is 1.72. The number of anilines is 1. The second kappa shape index (κ2) is 8.00. The Morgan fingerprint density at radius 1 is 1.33 bits per heavy atom. The van der Waals surface area contributed by atoms with Crippen LogP contribution in [-0.4, -0.2) is 41.4 Å². The molecule has 0 aliphatic heterocycles. The van der Waals surface area contributed by atoms with Gasteiger partial charge in [-0.3, -0.25) is 0 Å². The summed E-state index contributed by atoms with van der Waals surface area (Å²) in [6.07, 6.45) is 0.889. The fourth-order valence-electron chi connectivity index (χ4n) is 1.50. The third-order valence-electron chi connectivity index (χ3n) is 2.40. The second-order valence-electron chi connectivity index (χ2n) is 4.52. The summed E-state index contributed by atoms with van der Waals surface area (Å²) in [5.41, 5.74) is 0.979. The van der Waals surface area contributed by atoms with Gasteiger partial charge in [0.15, 0.2) is 0 Å². The van der Waals surface area contributed by atoms with E-state index in [-0.39, 0.29) is 6.61 Å². The highest BCUT2D eigenvalue weighted by atomic mass is 16.5. The van der Waals surface area contributed by atoms with Gasteiger partial charge in [-0.2, -0.15) is 0 Å². The van der Waals surface area contributed by atoms with Crippen molar-refractivity contribution in [3.63, 3.8) is 0 Å². The van der Waals surface area contributed by atoms with Crippen molar-refractivity contribution in [3.05, 3.63) is 17.6 Å². The Bertz CT molecular complexity index is 356. The van der Waals surface area contributed by atoms with Crippen LogP contribution >= 0.6 is 0 Å². The SMILES string of the molecule is Cc1cc(NCCCOCCO)nc(C(C)C)n1. The molecule has 0 aliphatic rings. The number of nitrogens with zero attached hydrogens (tertiary/aromatic N) is 2. The molecule has 5 nitrogen and oxygen atoms in total. The van der Waals surface area contributed by atoms with Crippen LogP contribution < -0.4 is 5.32 Å². The highest BCUT2D eigenvalue weighted by molar-refractivity contribution is 5.36. The second-order valence-corrected chi connectivity index (χ2v) is 4.52. The van der Waals surface area contributed by atoms with Crippen molar-refractivity contribution >= 4 is 5.82 Å². The van der Waals surface area contributed by atoms with E-state index in [1.807, 2.05) is 13.0 Å². The molecule has 0 unspecified atom stereocenters. The summed E-state index contributed by atoms with van der Waals surface area (Å²) in [5, 5.41) is 11.8. The van der Waals surface area contributed by atoms with E-state index in [4.69, 9.17) is 9.84 Å². The van der Waals surface area contributed by atoms with Crippen molar-refractivity contribution in [1.82, 2.24) is 9.97 Å². The summed E-state index contributed by atoms with van der Waals surface area (Å²) < 4.78 is 5.18. The molecule has 0 saturated heterocycles. The number of aromatic nitrogens is 2.